The maximum absolute atomic E-state index is 12.6. The number of ether oxygens (including phenoxy) is 4. The molecule has 2 saturated heterocycles. The largest absolute Gasteiger partial charge is 0.573 e. The number of aromatic amines is 1. The molecular weight excluding hydrogens is 469 g/mol. The summed E-state index contributed by atoms with van der Waals surface area (Å²) in [5.41, 5.74) is 1.07. The average Bonchev–Trinajstić information content (AvgIpc) is 3.43. The molecule has 0 spiro atoms. The lowest BCUT2D eigenvalue weighted by atomic mass is 10.1. The van der Waals surface area contributed by atoms with Crippen molar-refractivity contribution in [3.05, 3.63) is 40.9 Å². The van der Waals surface area contributed by atoms with Gasteiger partial charge in [0.05, 0.1) is 23.8 Å². The molecule has 0 amide bonds. The highest BCUT2D eigenvalue weighted by Gasteiger charge is 2.48. The van der Waals surface area contributed by atoms with Crippen LogP contribution in [-0.4, -0.2) is 64.1 Å². The van der Waals surface area contributed by atoms with Gasteiger partial charge in [0.15, 0.2) is 11.8 Å². The highest BCUT2D eigenvalue weighted by Crippen LogP contribution is 2.31. The number of rotatable bonds is 6. The van der Waals surface area contributed by atoms with E-state index < -0.39 is 30.8 Å². The molecule has 4 heterocycles. The fraction of sp³-hybridized carbons (Fsp3) is 0.400. The lowest BCUT2D eigenvalue weighted by molar-refractivity contribution is -0.274. The molecule has 13 heteroatoms. The molecule has 0 unspecified atom stereocenters. The summed E-state index contributed by atoms with van der Waals surface area (Å²) in [6.07, 6.45) is -6.79. The van der Waals surface area contributed by atoms with Crippen molar-refractivity contribution >= 4 is 28.6 Å². The third-order valence-corrected chi connectivity index (χ3v) is 5.58. The predicted octanol–water partition coefficient (Wildman–Crippen LogP) is 3.03. The Morgan fingerprint density at radius 1 is 1.18 bits per heavy atom. The van der Waals surface area contributed by atoms with E-state index in [9.17, 15) is 18.3 Å². The van der Waals surface area contributed by atoms with Crippen molar-refractivity contribution < 1.29 is 37.2 Å². The maximum Gasteiger partial charge on any atom is 0.573 e. The number of hydrogen-bond acceptors (Lipinski definition) is 8. The van der Waals surface area contributed by atoms with Gasteiger partial charge in [-0.2, -0.15) is 4.98 Å². The van der Waals surface area contributed by atoms with Crippen LogP contribution in [0.2, 0.25) is 5.02 Å². The van der Waals surface area contributed by atoms with Crippen LogP contribution in [0.4, 0.5) is 19.0 Å². The fourth-order valence-electron chi connectivity index (χ4n) is 3.82. The van der Waals surface area contributed by atoms with E-state index in [1.165, 1.54) is 18.2 Å². The zero-order valence-corrected chi connectivity index (χ0v) is 17.6. The molecule has 0 radical (unpaired) electrons. The van der Waals surface area contributed by atoms with Crippen molar-refractivity contribution in [2.24, 2.45) is 0 Å². The van der Waals surface area contributed by atoms with Crippen molar-refractivity contribution in [2.75, 3.05) is 18.5 Å². The van der Waals surface area contributed by atoms with Gasteiger partial charge in [-0.25, -0.2) is 4.98 Å². The number of hydrogen-bond donors (Lipinski definition) is 3. The Morgan fingerprint density at radius 2 is 1.97 bits per heavy atom. The first-order valence-electron chi connectivity index (χ1n) is 9.98. The number of anilines is 1. The number of nitrogens with zero attached hydrogens (tertiary/aromatic N) is 2. The van der Waals surface area contributed by atoms with Crippen LogP contribution in [0.5, 0.6) is 11.8 Å². The van der Waals surface area contributed by atoms with E-state index in [1.807, 2.05) is 0 Å². The highest BCUT2D eigenvalue weighted by molar-refractivity contribution is 6.33. The maximum atomic E-state index is 12.6. The van der Waals surface area contributed by atoms with E-state index in [2.05, 4.69) is 25.0 Å². The monoisotopic (exact) mass is 486 g/mol. The number of imidazole rings is 1. The zero-order valence-electron chi connectivity index (χ0n) is 16.8. The van der Waals surface area contributed by atoms with Gasteiger partial charge in [0.2, 0.25) is 0 Å². The Bertz CT molecular complexity index is 1160. The molecule has 3 N–H and O–H groups in total. The molecule has 2 aliphatic rings. The van der Waals surface area contributed by atoms with Crippen LogP contribution in [0.1, 0.15) is 5.56 Å². The second-order valence-corrected chi connectivity index (χ2v) is 7.97. The van der Waals surface area contributed by atoms with Crippen LogP contribution in [0.25, 0.3) is 11.2 Å². The zero-order chi connectivity index (χ0) is 23.2. The average molecular weight is 487 g/mol. The minimum absolute atomic E-state index is 0.0135. The Hall–Kier alpha value is -2.80. The molecule has 4 atom stereocenters. The molecule has 0 aliphatic carbocycles. The van der Waals surface area contributed by atoms with Crippen molar-refractivity contribution in [3.8, 4) is 11.8 Å². The molecule has 9 nitrogen and oxygen atoms in total. The van der Waals surface area contributed by atoms with Crippen LogP contribution in [0.15, 0.2) is 30.3 Å². The quantitative estimate of drug-likeness (QED) is 0.487. The van der Waals surface area contributed by atoms with Gasteiger partial charge in [-0.15, -0.1) is 13.2 Å². The van der Waals surface area contributed by atoms with E-state index in [0.29, 0.717) is 11.2 Å². The van der Waals surface area contributed by atoms with Gasteiger partial charge in [-0.3, -0.25) is 0 Å². The molecule has 0 saturated carbocycles. The van der Waals surface area contributed by atoms with Gasteiger partial charge in [0.1, 0.15) is 29.9 Å². The van der Waals surface area contributed by atoms with E-state index in [4.69, 9.17) is 25.8 Å². The molecule has 33 heavy (non-hydrogen) atoms. The topological polar surface area (TPSA) is 111 Å². The summed E-state index contributed by atoms with van der Waals surface area (Å²) in [5.74, 6) is -0.0861. The minimum atomic E-state index is -4.80. The number of aliphatic hydroxyl groups is 1. The summed E-state index contributed by atoms with van der Waals surface area (Å²) in [6, 6.07) is 7.52. The molecule has 2 fully saturated rings. The number of aliphatic hydroxyl groups excluding tert-OH is 1. The van der Waals surface area contributed by atoms with Gasteiger partial charge in [-0.05, 0) is 12.1 Å². The third-order valence-electron chi connectivity index (χ3n) is 5.29. The number of aromatic nitrogens is 3. The van der Waals surface area contributed by atoms with Gasteiger partial charge in [-0.1, -0.05) is 29.8 Å². The van der Waals surface area contributed by atoms with Gasteiger partial charge in [0.25, 0.3) is 6.01 Å². The molecule has 1 aromatic carbocycles. The number of fused-ring (bicyclic) bond motifs is 2. The number of halogens is 4. The molecule has 5 rings (SSSR count). The first-order valence-corrected chi connectivity index (χ1v) is 10.4. The number of alkyl halides is 3. The van der Waals surface area contributed by atoms with Crippen molar-refractivity contribution in [2.45, 2.75) is 37.3 Å². The van der Waals surface area contributed by atoms with E-state index in [-0.39, 0.29) is 47.9 Å². The first kappa shape index (κ1) is 22.0. The van der Waals surface area contributed by atoms with E-state index in [1.54, 1.807) is 12.1 Å². The second-order valence-electron chi connectivity index (χ2n) is 7.56. The van der Waals surface area contributed by atoms with Crippen molar-refractivity contribution in [3.63, 3.8) is 0 Å². The number of para-hydroxylation sites is 1. The molecule has 3 aromatic rings. The molecule has 2 aromatic heterocycles. The lowest BCUT2D eigenvalue weighted by Gasteiger charge is -2.15. The summed E-state index contributed by atoms with van der Waals surface area (Å²) in [7, 11) is 0. The van der Waals surface area contributed by atoms with Crippen LogP contribution in [0, 0.1) is 0 Å². The van der Waals surface area contributed by atoms with Crippen LogP contribution < -0.4 is 14.8 Å². The smallest absolute Gasteiger partial charge is 0.456 e. The SMILES string of the molecule is O[C@@H]1CO[C@H]2[C@@H]1OC[C@H]2Oc1nc2nc(NCc3ccccc3OC(F)(F)F)c(Cl)cc2[nH]1. The summed E-state index contributed by atoms with van der Waals surface area (Å²) in [6.45, 7) is 0.406. The number of benzene rings is 1. The Balaban J connectivity index is 1.30. The standard InChI is InChI=1S/C20H18ClF3N4O5/c21-10-5-11-18(28-19(26-11)32-14-8-31-15-12(29)7-30-16(14)15)27-17(10)25-6-9-3-1-2-4-13(9)33-20(22,23)24/h1-5,12,14-16,29H,6-8H2,(H2,25,26,27,28)/t12-,14-,15-,16-/m1/s1. The summed E-state index contributed by atoms with van der Waals surface area (Å²) in [4.78, 5) is 11.6. The van der Waals surface area contributed by atoms with Gasteiger partial charge in [0, 0.05) is 12.1 Å². The molecular formula is C20H18ClF3N4O5. The van der Waals surface area contributed by atoms with E-state index in [0.717, 1.165) is 0 Å². The Morgan fingerprint density at radius 3 is 2.79 bits per heavy atom. The summed E-state index contributed by atoms with van der Waals surface area (Å²) in [5, 5.41) is 13.0. The summed E-state index contributed by atoms with van der Waals surface area (Å²) < 4.78 is 58.9. The van der Waals surface area contributed by atoms with Crippen molar-refractivity contribution in [1.82, 2.24) is 15.0 Å². The lowest BCUT2D eigenvalue weighted by Crippen LogP contribution is -2.34. The van der Waals surface area contributed by atoms with E-state index >= 15 is 0 Å². The molecule has 0 bridgehead atoms. The highest BCUT2D eigenvalue weighted by atomic mass is 35.5. The first-order chi connectivity index (χ1) is 15.8. The molecule has 2 aliphatic heterocycles. The Labute approximate surface area is 189 Å². The number of pyridine rings is 1. The predicted molar refractivity (Wildman–Crippen MR) is 109 cm³/mol. The van der Waals surface area contributed by atoms with Gasteiger partial charge >= 0.3 is 6.36 Å². The van der Waals surface area contributed by atoms with Crippen LogP contribution in [-0.2, 0) is 16.0 Å². The normalized spacial score (nSPS) is 24.8. The van der Waals surface area contributed by atoms with Crippen molar-refractivity contribution in [1.29, 1.82) is 0 Å². The summed E-state index contributed by atoms with van der Waals surface area (Å²) >= 11 is 6.29. The number of nitrogens with one attached hydrogen (secondary N) is 2. The number of H-pyrrole nitrogens is 1. The van der Waals surface area contributed by atoms with Crippen LogP contribution >= 0.6 is 11.6 Å². The minimum Gasteiger partial charge on any atom is -0.456 e. The Kier molecular flexibility index (Phi) is 5.69. The van der Waals surface area contributed by atoms with Crippen LogP contribution in [0.3, 0.4) is 0 Å². The second kappa shape index (κ2) is 8.52. The fourth-order valence-corrected chi connectivity index (χ4v) is 4.04. The van der Waals surface area contributed by atoms with Gasteiger partial charge < -0.3 is 34.4 Å². The molecule has 176 valence electrons. The third kappa shape index (κ3) is 4.64.